The zero-order valence-corrected chi connectivity index (χ0v) is 12.2. The van der Waals surface area contributed by atoms with Gasteiger partial charge in [-0.05, 0) is 41.6 Å². The molecule has 0 aromatic carbocycles. The van der Waals surface area contributed by atoms with Crippen LogP contribution >= 0.6 is 15.9 Å². The van der Waals surface area contributed by atoms with Gasteiger partial charge < -0.3 is 4.79 Å². The molecular formula is C12H19BrN2O. The molecular weight excluding hydrogens is 268 g/mol. The monoisotopic (exact) mass is 286 g/mol. The molecule has 0 spiro atoms. The number of carbonyl (C=O) groups excluding carboxylic acids is 1. The highest BCUT2D eigenvalue weighted by Crippen LogP contribution is 2.30. The Hall–Kier alpha value is -0.640. The van der Waals surface area contributed by atoms with Crippen molar-refractivity contribution in [2.45, 2.75) is 40.5 Å². The van der Waals surface area contributed by atoms with Crippen LogP contribution in [-0.4, -0.2) is 15.6 Å². The van der Waals surface area contributed by atoms with Gasteiger partial charge in [0, 0.05) is 13.5 Å². The molecule has 0 bridgehead atoms. The molecule has 0 aliphatic carbocycles. The van der Waals surface area contributed by atoms with Gasteiger partial charge in [0.05, 0.1) is 15.9 Å². The van der Waals surface area contributed by atoms with Gasteiger partial charge in [-0.1, -0.05) is 13.8 Å². The number of carbonyl (C=O) groups is 1. The number of ketones is 1. The highest BCUT2D eigenvalue weighted by molar-refractivity contribution is 9.10. The van der Waals surface area contributed by atoms with E-state index in [1.807, 2.05) is 18.7 Å². The van der Waals surface area contributed by atoms with E-state index in [0.29, 0.717) is 6.42 Å². The summed E-state index contributed by atoms with van der Waals surface area (Å²) in [6.45, 7) is 7.85. The van der Waals surface area contributed by atoms with Crippen molar-refractivity contribution in [2.75, 3.05) is 0 Å². The molecule has 0 aliphatic rings. The molecule has 1 aromatic heterocycles. The largest absolute Gasteiger partial charge is 0.300 e. The lowest BCUT2D eigenvalue weighted by Crippen LogP contribution is -2.20. The molecule has 0 saturated carbocycles. The number of aryl methyl sites for hydroxylation is 2. The molecule has 0 atom stereocenters. The van der Waals surface area contributed by atoms with Gasteiger partial charge in [0.15, 0.2) is 0 Å². The quantitative estimate of drug-likeness (QED) is 0.853. The average Bonchev–Trinajstić information content (AvgIpc) is 2.29. The van der Waals surface area contributed by atoms with Gasteiger partial charge in [0.25, 0.3) is 0 Å². The Balaban J connectivity index is 2.91. The van der Waals surface area contributed by atoms with E-state index in [0.717, 1.165) is 22.3 Å². The van der Waals surface area contributed by atoms with Crippen LogP contribution < -0.4 is 0 Å². The zero-order valence-electron chi connectivity index (χ0n) is 10.6. The van der Waals surface area contributed by atoms with Crippen molar-refractivity contribution in [1.82, 2.24) is 9.78 Å². The van der Waals surface area contributed by atoms with E-state index in [-0.39, 0.29) is 11.2 Å². The van der Waals surface area contributed by atoms with E-state index in [9.17, 15) is 4.79 Å². The Kier molecular flexibility index (Phi) is 3.94. The highest BCUT2D eigenvalue weighted by atomic mass is 79.9. The summed E-state index contributed by atoms with van der Waals surface area (Å²) in [6.07, 6.45) is 1.45. The lowest BCUT2D eigenvalue weighted by atomic mass is 9.83. The lowest BCUT2D eigenvalue weighted by molar-refractivity contribution is -0.118. The second kappa shape index (κ2) is 4.70. The van der Waals surface area contributed by atoms with Crippen molar-refractivity contribution >= 4 is 21.7 Å². The smallest absolute Gasteiger partial charge is 0.130 e. The van der Waals surface area contributed by atoms with Crippen LogP contribution in [0.1, 0.15) is 38.6 Å². The first kappa shape index (κ1) is 13.4. The van der Waals surface area contributed by atoms with Crippen LogP contribution in [0, 0.1) is 12.3 Å². The van der Waals surface area contributed by atoms with Crippen molar-refractivity contribution in [3.05, 3.63) is 15.9 Å². The van der Waals surface area contributed by atoms with E-state index in [2.05, 4.69) is 34.9 Å². The molecule has 16 heavy (non-hydrogen) atoms. The summed E-state index contributed by atoms with van der Waals surface area (Å²) in [7, 11) is 1.94. The summed E-state index contributed by atoms with van der Waals surface area (Å²) < 4.78 is 2.95. The number of nitrogens with zero attached hydrogens (tertiary/aromatic N) is 2. The number of rotatable bonds is 4. The topological polar surface area (TPSA) is 34.9 Å². The zero-order chi connectivity index (χ0) is 12.5. The number of halogens is 1. The third kappa shape index (κ3) is 3.17. The highest BCUT2D eigenvalue weighted by Gasteiger charge is 2.24. The Morgan fingerprint density at radius 2 is 2.06 bits per heavy atom. The molecule has 0 aliphatic heterocycles. The Morgan fingerprint density at radius 3 is 2.44 bits per heavy atom. The molecule has 0 unspecified atom stereocenters. The predicted octanol–water partition coefficient (Wildman–Crippen LogP) is 3.04. The molecule has 4 heteroatoms. The number of aromatic nitrogens is 2. The van der Waals surface area contributed by atoms with Crippen LogP contribution in [0.25, 0.3) is 0 Å². The molecule has 0 saturated heterocycles. The first-order valence-corrected chi connectivity index (χ1v) is 6.19. The summed E-state index contributed by atoms with van der Waals surface area (Å²) in [5, 5.41) is 4.36. The Bertz CT molecular complexity index is 407. The summed E-state index contributed by atoms with van der Waals surface area (Å²) in [5.41, 5.74) is 2.13. The summed E-state index contributed by atoms with van der Waals surface area (Å²) in [4.78, 5) is 11.2. The third-order valence-corrected chi connectivity index (χ3v) is 3.67. The lowest BCUT2D eigenvalue weighted by Gasteiger charge is -2.23. The van der Waals surface area contributed by atoms with Gasteiger partial charge in [0.2, 0.25) is 0 Å². The van der Waals surface area contributed by atoms with E-state index >= 15 is 0 Å². The fraction of sp³-hybridized carbons (Fsp3) is 0.667. The molecule has 0 radical (unpaired) electrons. The van der Waals surface area contributed by atoms with Gasteiger partial charge in [0.1, 0.15) is 5.78 Å². The third-order valence-electron chi connectivity index (χ3n) is 2.64. The van der Waals surface area contributed by atoms with Crippen molar-refractivity contribution in [1.29, 1.82) is 0 Å². The Morgan fingerprint density at radius 1 is 1.50 bits per heavy atom. The maximum absolute atomic E-state index is 11.2. The Labute approximate surface area is 105 Å². The summed E-state index contributed by atoms with van der Waals surface area (Å²) in [5.74, 6) is 0.236. The van der Waals surface area contributed by atoms with E-state index in [1.54, 1.807) is 6.92 Å². The van der Waals surface area contributed by atoms with Gasteiger partial charge in [-0.25, -0.2) is 0 Å². The fourth-order valence-corrected chi connectivity index (χ4v) is 2.54. The SMILES string of the molecule is CC(=O)CC(C)(C)Cc1c(Br)c(C)nn1C. The first-order chi connectivity index (χ1) is 7.23. The van der Waals surface area contributed by atoms with Crippen LogP contribution in [0.5, 0.6) is 0 Å². The minimum Gasteiger partial charge on any atom is -0.300 e. The van der Waals surface area contributed by atoms with E-state index < -0.39 is 0 Å². The van der Waals surface area contributed by atoms with Gasteiger partial charge in [-0.3, -0.25) is 4.68 Å². The summed E-state index contributed by atoms with van der Waals surface area (Å²) >= 11 is 3.55. The predicted molar refractivity (Wildman–Crippen MR) is 68.4 cm³/mol. The minimum atomic E-state index is -0.0193. The van der Waals surface area contributed by atoms with Crippen LogP contribution in [-0.2, 0) is 18.3 Å². The molecule has 1 heterocycles. The van der Waals surface area contributed by atoms with E-state index in [1.165, 1.54) is 0 Å². The maximum Gasteiger partial charge on any atom is 0.130 e. The molecule has 3 nitrogen and oxygen atoms in total. The second-order valence-electron chi connectivity index (χ2n) is 5.19. The number of hydrogen-bond acceptors (Lipinski definition) is 2. The van der Waals surface area contributed by atoms with Crippen molar-refractivity contribution in [2.24, 2.45) is 12.5 Å². The molecule has 0 N–H and O–H groups in total. The first-order valence-electron chi connectivity index (χ1n) is 5.40. The van der Waals surface area contributed by atoms with Gasteiger partial charge >= 0.3 is 0 Å². The van der Waals surface area contributed by atoms with Crippen molar-refractivity contribution in [3.8, 4) is 0 Å². The second-order valence-corrected chi connectivity index (χ2v) is 5.98. The van der Waals surface area contributed by atoms with Crippen LogP contribution in [0.4, 0.5) is 0 Å². The molecule has 1 rings (SSSR count). The molecule has 0 amide bonds. The fourth-order valence-electron chi connectivity index (χ4n) is 2.06. The van der Waals surface area contributed by atoms with Crippen LogP contribution in [0.15, 0.2) is 4.47 Å². The average molecular weight is 287 g/mol. The molecule has 90 valence electrons. The number of Topliss-reactive ketones (excluding diaryl/α,β-unsaturated/α-hetero) is 1. The standard InChI is InChI=1S/C12H19BrN2O/c1-8(16)6-12(3,4)7-10-11(13)9(2)14-15(10)5/h6-7H2,1-5H3. The van der Waals surface area contributed by atoms with Crippen LogP contribution in [0.2, 0.25) is 0 Å². The minimum absolute atomic E-state index is 0.0193. The summed E-state index contributed by atoms with van der Waals surface area (Å²) in [6, 6.07) is 0. The van der Waals surface area contributed by atoms with Gasteiger partial charge in [-0.2, -0.15) is 5.10 Å². The van der Waals surface area contributed by atoms with Gasteiger partial charge in [-0.15, -0.1) is 0 Å². The molecule has 1 aromatic rings. The van der Waals surface area contributed by atoms with Crippen molar-refractivity contribution in [3.63, 3.8) is 0 Å². The molecule has 0 fully saturated rings. The van der Waals surface area contributed by atoms with E-state index in [4.69, 9.17) is 0 Å². The van der Waals surface area contributed by atoms with Crippen LogP contribution in [0.3, 0.4) is 0 Å². The van der Waals surface area contributed by atoms with Crippen molar-refractivity contribution < 1.29 is 4.79 Å². The maximum atomic E-state index is 11.2. The normalized spacial score (nSPS) is 11.9. The number of hydrogen-bond donors (Lipinski definition) is 0.